The average Bonchev–Trinajstić information content (AvgIpc) is 2.98. The van der Waals surface area contributed by atoms with Crippen molar-refractivity contribution in [3.8, 4) is 0 Å². The molecule has 0 aliphatic carbocycles. The monoisotopic (exact) mass is 434 g/mol. The van der Waals surface area contributed by atoms with E-state index in [1.54, 1.807) is 24.6 Å². The van der Waals surface area contributed by atoms with E-state index in [1.165, 1.54) is 14.2 Å². The Morgan fingerprint density at radius 3 is 2.48 bits per heavy atom. The molecule has 1 amide bonds. The molecular weight excluding hydrogens is 400 g/mol. The molecule has 2 heterocycles. The molecule has 0 saturated carbocycles. The van der Waals surface area contributed by atoms with E-state index in [4.69, 9.17) is 9.47 Å². The van der Waals surface area contributed by atoms with Crippen LogP contribution in [0.2, 0.25) is 0 Å². The number of hydrogen-bond donors (Lipinski definition) is 3. The first-order chi connectivity index (χ1) is 14.5. The summed E-state index contributed by atoms with van der Waals surface area (Å²) in [6.07, 6.45) is 2.47. The Hall–Kier alpha value is -2.65. The Kier molecular flexibility index (Phi) is 8.02. The van der Waals surface area contributed by atoms with Crippen molar-refractivity contribution in [2.45, 2.75) is 59.2 Å². The summed E-state index contributed by atoms with van der Waals surface area (Å²) >= 11 is 0. The fraction of sp³-hybridized carbons (Fsp3) is 0.591. The van der Waals surface area contributed by atoms with E-state index >= 15 is 0 Å². The second-order valence-electron chi connectivity index (χ2n) is 8.65. The van der Waals surface area contributed by atoms with Crippen molar-refractivity contribution in [3.05, 3.63) is 18.0 Å². The highest BCUT2D eigenvalue weighted by Gasteiger charge is 2.27. The Bertz CT molecular complexity index is 930. The van der Waals surface area contributed by atoms with E-state index in [2.05, 4.69) is 29.5 Å². The van der Waals surface area contributed by atoms with Crippen LogP contribution >= 0.6 is 0 Å². The van der Waals surface area contributed by atoms with Crippen molar-refractivity contribution >= 4 is 34.3 Å². The van der Waals surface area contributed by atoms with Crippen LogP contribution in [-0.4, -0.2) is 59.0 Å². The van der Waals surface area contributed by atoms with Crippen LogP contribution in [0, 0.1) is 5.92 Å². The summed E-state index contributed by atoms with van der Waals surface area (Å²) in [4.78, 5) is 29.6. The molecule has 9 nitrogen and oxygen atoms in total. The van der Waals surface area contributed by atoms with Gasteiger partial charge < -0.3 is 29.8 Å². The van der Waals surface area contributed by atoms with Crippen molar-refractivity contribution < 1.29 is 24.2 Å². The first kappa shape index (κ1) is 24.6. The number of nitrogens with zero attached hydrogens (tertiary/aromatic N) is 2. The predicted octanol–water partition coefficient (Wildman–Crippen LogP) is 3.03. The molecule has 2 rings (SSSR count). The number of anilines is 2. The number of ether oxygens (including phenoxy) is 2. The second kappa shape index (κ2) is 10.1. The molecule has 0 aliphatic rings. The minimum absolute atomic E-state index is 0.152. The molecule has 0 saturated heterocycles. The Balaban J connectivity index is 2.66. The fourth-order valence-corrected chi connectivity index (χ4v) is 3.08. The van der Waals surface area contributed by atoms with Gasteiger partial charge in [0.25, 0.3) is 0 Å². The molecule has 3 N–H and O–H groups in total. The molecule has 0 fully saturated rings. The number of amides is 1. The number of nitrogens with one attached hydrogen (secondary N) is 2. The van der Waals surface area contributed by atoms with Gasteiger partial charge in [-0.3, -0.25) is 4.79 Å². The lowest BCUT2D eigenvalue weighted by atomic mass is 10.0. The highest BCUT2D eigenvalue weighted by molar-refractivity contribution is 6.11. The summed E-state index contributed by atoms with van der Waals surface area (Å²) in [5.41, 5.74) is 0.838. The van der Waals surface area contributed by atoms with Crippen LogP contribution in [0.15, 0.2) is 12.3 Å². The zero-order valence-electron chi connectivity index (χ0n) is 19.4. The predicted molar refractivity (Wildman–Crippen MR) is 120 cm³/mol. The van der Waals surface area contributed by atoms with Crippen LogP contribution in [0.3, 0.4) is 0 Å². The molecule has 0 radical (unpaired) electrons. The standard InChI is InChI=1S/C22H34N4O5/c1-13(2)8-9-26-19(21(28)31-7)18(25-17(27)12-30-6)16-10-15(11-23-20(16)26)24-14(3)22(4,5)29/h10-11,13-14,24,29H,8-9,12H2,1-7H3,(H,25,27)/t14-/m0/s1. The van der Waals surface area contributed by atoms with Gasteiger partial charge in [-0.2, -0.15) is 0 Å². The maximum Gasteiger partial charge on any atom is 0.356 e. The molecule has 0 unspecified atom stereocenters. The maximum atomic E-state index is 12.7. The zero-order valence-corrected chi connectivity index (χ0v) is 19.4. The summed E-state index contributed by atoms with van der Waals surface area (Å²) in [5, 5.41) is 16.9. The summed E-state index contributed by atoms with van der Waals surface area (Å²) in [6, 6.07) is 1.55. The largest absolute Gasteiger partial charge is 0.464 e. The number of pyridine rings is 1. The number of carbonyl (C=O) groups is 2. The van der Waals surface area contributed by atoms with Gasteiger partial charge in [0.15, 0.2) is 5.69 Å². The van der Waals surface area contributed by atoms with E-state index in [0.29, 0.717) is 34.9 Å². The number of aryl methyl sites for hydroxylation is 1. The van der Waals surface area contributed by atoms with Gasteiger partial charge in [0.2, 0.25) is 5.91 Å². The third kappa shape index (κ3) is 5.95. The number of hydrogen-bond acceptors (Lipinski definition) is 7. The van der Waals surface area contributed by atoms with E-state index < -0.39 is 17.5 Å². The quantitative estimate of drug-likeness (QED) is 0.492. The zero-order chi connectivity index (χ0) is 23.3. The van der Waals surface area contributed by atoms with E-state index in [1.807, 2.05) is 13.0 Å². The van der Waals surface area contributed by atoms with Gasteiger partial charge in [0, 0.05) is 19.0 Å². The van der Waals surface area contributed by atoms with Crippen LogP contribution in [0.4, 0.5) is 11.4 Å². The number of aliphatic hydroxyl groups is 1. The lowest BCUT2D eigenvalue weighted by Crippen LogP contribution is -2.39. The maximum absolute atomic E-state index is 12.7. The molecule has 31 heavy (non-hydrogen) atoms. The number of rotatable bonds is 10. The minimum atomic E-state index is -0.954. The van der Waals surface area contributed by atoms with Gasteiger partial charge in [-0.05, 0) is 39.2 Å². The Morgan fingerprint density at radius 2 is 1.94 bits per heavy atom. The van der Waals surface area contributed by atoms with Gasteiger partial charge in [0.05, 0.1) is 36.3 Å². The molecule has 0 spiro atoms. The number of esters is 1. The van der Waals surface area contributed by atoms with E-state index in [0.717, 1.165) is 6.42 Å². The molecule has 0 bridgehead atoms. The molecular formula is C22H34N4O5. The summed E-state index contributed by atoms with van der Waals surface area (Å²) in [7, 11) is 2.73. The van der Waals surface area contributed by atoms with Crippen LogP contribution in [0.5, 0.6) is 0 Å². The summed E-state index contributed by atoms with van der Waals surface area (Å²) in [6.45, 7) is 9.87. The van der Waals surface area contributed by atoms with Crippen molar-refractivity contribution in [1.29, 1.82) is 0 Å². The van der Waals surface area contributed by atoms with E-state index in [-0.39, 0.29) is 18.3 Å². The van der Waals surface area contributed by atoms with Gasteiger partial charge in [-0.15, -0.1) is 0 Å². The van der Waals surface area contributed by atoms with Crippen molar-refractivity contribution in [1.82, 2.24) is 9.55 Å². The van der Waals surface area contributed by atoms with Gasteiger partial charge in [-0.1, -0.05) is 13.8 Å². The molecule has 9 heteroatoms. The Morgan fingerprint density at radius 1 is 1.26 bits per heavy atom. The van der Waals surface area contributed by atoms with E-state index in [9.17, 15) is 14.7 Å². The first-order valence-corrected chi connectivity index (χ1v) is 10.4. The van der Waals surface area contributed by atoms with Crippen LogP contribution in [0.25, 0.3) is 11.0 Å². The molecule has 0 aliphatic heterocycles. The van der Waals surface area contributed by atoms with Gasteiger partial charge in [0.1, 0.15) is 12.3 Å². The van der Waals surface area contributed by atoms with Crippen molar-refractivity contribution in [2.24, 2.45) is 5.92 Å². The smallest absolute Gasteiger partial charge is 0.356 e. The van der Waals surface area contributed by atoms with Crippen molar-refractivity contribution in [2.75, 3.05) is 31.5 Å². The van der Waals surface area contributed by atoms with Crippen molar-refractivity contribution in [3.63, 3.8) is 0 Å². The molecule has 172 valence electrons. The average molecular weight is 435 g/mol. The number of aromatic nitrogens is 2. The molecule has 2 aromatic rings. The van der Waals surface area contributed by atoms with Crippen LogP contribution < -0.4 is 10.6 Å². The Labute approximate surface area is 183 Å². The molecule has 1 atom stereocenters. The molecule has 2 aromatic heterocycles. The summed E-state index contributed by atoms with van der Waals surface area (Å²) < 4.78 is 11.7. The third-order valence-corrected chi connectivity index (χ3v) is 5.19. The van der Waals surface area contributed by atoms with Gasteiger partial charge in [-0.25, -0.2) is 9.78 Å². The van der Waals surface area contributed by atoms with Crippen LogP contribution in [0.1, 0.15) is 51.5 Å². The lowest BCUT2D eigenvalue weighted by molar-refractivity contribution is -0.119. The second-order valence-corrected chi connectivity index (χ2v) is 8.65. The number of methoxy groups -OCH3 is 2. The molecule has 0 aromatic carbocycles. The third-order valence-electron chi connectivity index (χ3n) is 5.19. The highest BCUT2D eigenvalue weighted by Crippen LogP contribution is 2.33. The normalized spacial score (nSPS) is 12.8. The summed E-state index contributed by atoms with van der Waals surface area (Å²) in [5.74, 6) is -0.546. The lowest BCUT2D eigenvalue weighted by Gasteiger charge is -2.27. The number of fused-ring (bicyclic) bond motifs is 1. The number of carbonyl (C=O) groups excluding carboxylic acids is 2. The first-order valence-electron chi connectivity index (χ1n) is 10.4. The van der Waals surface area contributed by atoms with Gasteiger partial charge >= 0.3 is 5.97 Å². The SMILES string of the molecule is COCC(=O)Nc1c(C(=O)OC)n(CCC(C)C)c2ncc(N[C@@H](C)C(C)(C)O)cc12. The topological polar surface area (TPSA) is 115 Å². The highest BCUT2D eigenvalue weighted by atomic mass is 16.5. The van der Waals surface area contributed by atoms with Crippen LogP contribution in [-0.2, 0) is 20.8 Å². The fourth-order valence-electron chi connectivity index (χ4n) is 3.08. The minimum Gasteiger partial charge on any atom is -0.464 e.